The Morgan fingerprint density at radius 2 is 2.54 bits per heavy atom. The van der Waals surface area contributed by atoms with Gasteiger partial charge in [-0.3, -0.25) is 9.69 Å². The zero-order valence-corrected chi connectivity index (χ0v) is 8.47. The lowest BCUT2D eigenvalue weighted by Gasteiger charge is -2.33. The van der Waals surface area contributed by atoms with E-state index in [-0.39, 0.29) is 12.0 Å². The van der Waals surface area contributed by atoms with E-state index in [9.17, 15) is 4.79 Å². The zero-order valence-electron chi connectivity index (χ0n) is 7.66. The van der Waals surface area contributed by atoms with E-state index in [2.05, 4.69) is 10.2 Å². The normalized spacial score (nSPS) is 34.2. The fourth-order valence-electron chi connectivity index (χ4n) is 1.79. The molecule has 0 aromatic rings. The molecule has 2 atom stereocenters. The molecule has 0 amide bonds. The first-order valence-corrected chi connectivity index (χ1v) is 5.53. The fraction of sp³-hybridized carbons (Fsp3) is 0.875. The van der Waals surface area contributed by atoms with Gasteiger partial charge in [0.05, 0.1) is 12.5 Å². The van der Waals surface area contributed by atoms with Crippen LogP contribution < -0.4 is 5.32 Å². The van der Waals surface area contributed by atoms with Gasteiger partial charge >= 0.3 is 5.97 Å². The highest BCUT2D eigenvalue weighted by Gasteiger charge is 2.34. The summed E-state index contributed by atoms with van der Waals surface area (Å²) in [5, 5.41) is 3.77. The van der Waals surface area contributed by atoms with Crippen molar-refractivity contribution in [1.29, 1.82) is 0 Å². The van der Waals surface area contributed by atoms with Crippen molar-refractivity contribution < 1.29 is 9.53 Å². The molecule has 2 fully saturated rings. The van der Waals surface area contributed by atoms with E-state index < -0.39 is 0 Å². The van der Waals surface area contributed by atoms with Crippen LogP contribution in [0.3, 0.4) is 0 Å². The van der Waals surface area contributed by atoms with E-state index in [4.69, 9.17) is 4.74 Å². The summed E-state index contributed by atoms with van der Waals surface area (Å²) in [6.45, 7) is 2.79. The molecule has 74 valence electrons. The number of hydrogen-bond donors (Lipinski definition) is 1. The Hall–Kier alpha value is -0.260. The largest absolute Gasteiger partial charge is 0.468 e. The molecule has 0 bridgehead atoms. The van der Waals surface area contributed by atoms with E-state index in [0.29, 0.717) is 5.37 Å². The summed E-state index contributed by atoms with van der Waals surface area (Å²) in [7, 11) is 1.44. The molecule has 0 spiro atoms. The molecule has 0 aromatic heterocycles. The summed E-state index contributed by atoms with van der Waals surface area (Å²) in [5.41, 5.74) is 0. The van der Waals surface area contributed by atoms with E-state index in [1.807, 2.05) is 11.8 Å². The number of piperazine rings is 1. The number of hydrogen-bond acceptors (Lipinski definition) is 5. The number of methoxy groups -OCH3 is 1. The molecular weight excluding hydrogens is 188 g/mol. The standard InChI is InChI=1S/C8H14N2O2S/c1-12-8(11)6-5-10-2-3-13-7(10)4-9-6/h6-7,9H,2-5H2,1H3/t6-,7?/m0/s1. The molecule has 1 unspecified atom stereocenters. The highest BCUT2D eigenvalue weighted by Crippen LogP contribution is 2.25. The minimum absolute atomic E-state index is 0.125. The maximum Gasteiger partial charge on any atom is 0.324 e. The first kappa shape index (κ1) is 9.30. The third-order valence-corrected chi connectivity index (χ3v) is 3.81. The Kier molecular flexibility index (Phi) is 2.76. The smallest absolute Gasteiger partial charge is 0.324 e. The third kappa shape index (κ3) is 1.82. The van der Waals surface area contributed by atoms with Crippen molar-refractivity contribution in [1.82, 2.24) is 10.2 Å². The van der Waals surface area contributed by atoms with E-state index in [0.717, 1.165) is 19.6 Å². The van der Waals surface area contributed by atoms with Crippen LogP contribution in [0.1, 0.15) is 0 Å². The number of nitrogens with zero attached hydrogens (tertiary/aromatic N) is 1. The average Bonchev–Trinajstić information content (AvgIpc) is 2.63. The lowest BCUT2D eigenvalue weighted by atomic mass is 10.2. The molecule has 2 aliphatic heterocycles. The van der Waals surface area contributed by atoms with E-state index >= 15 is 0 Å². The number of carbonyl (C=O) groups is 1. The van der Waals surface area contributed by atoms with Crippen molar-refractivity contribution in [2.75, 3.05) is 32.5 Å². The highest BCUT2D eigenvalue weighted by atomic mass is 32.2. The van der Waals surface area contributed by atoms with Gasteiger partial charge in [0.2, 0.25) is 0 Å². The summed E-state index contributed by atoms with van der Waals surface area (Å²) in [6, 6.07) is -0.125. The summed E-state index contributed by atoms with van der Waals surface area (Å²) in [4.78, 5) is 13.6. The van der Waals surface area contributed by atoms with Gasteiger partial charge in [0, 0.05) is 25.4 Å². The molecule has 2 saturated heterocycles. The monoisotopic (exact) mass is 202 g/mol. The van der Waals surface area contributed by atoms with Gasteiger partial charge in [0.25, 0.3) is 0 Å². The fourth-order valence-corrected chi connectivity index (χ4v) is 3.02. The number of nitrogens with one attached hydrogen (secondary N) is 1. The Balaban J connectivity index is 1.93. The Morgan fingerprint density at radius 3 is 3.31 bits per heavy atom. The minimum Gasteiger partial charge on any atom is -0.468 e. The van der Waals surface area contributed by atoms with Crippen LogP contribution in [0.2, 0.25) is 0 Å². The van der Waals surface area contributed by atoms with E-state index in [1.165, 1.54) is 12.9 Å². The van der Waals surface area contributed by atoms with Gasteiger partial charge in [-0.1, -0.05) is 0 Å². The number of ether oxygens (including phenoxy) is 1. The predicted molar refractivity (Wildman–Crippen MR) is 51.6 cm³/mol. The SMILES string of the molecule is COC(=O)[C@@H]1CN2CCSC2CN1. The van der Waals surface area contributed by atoms with Crippen molar-refractivity contribution in [3.05, 3.63) is 0 Å². The molecule has 13 heavy (non-hydrogen) atoms. The molecule has 4 nitrogen and oxygen atoms in total. The van der Waals surface area contributed by atoms with Gasteiger partial charge in [-0.2, -0.15) is 0 Å². The highest BCUT2D eigenvalue weighted by molar-refractivity contribution is 8.00. The van der Waals surface area contributed by atoms with Crippen molar-refractivity contribution in [2.24, 2.45) is 0 Å². The molecule has 2 rings (SSSR count). The first-order chi connectivity index (χ1) is 6.31. The summed E-state index contributed by atoms with van der Waals surface area (Å²) < 4.78 is 4.70. The second-order valence-electron chi connectivity index (χ2n) is 3.30. The number of carbonyl (C=O) groups excluding carboxylic acids is 1. The van der Waals surface area contributed by atoms with Crippen LogP contribution in [-0.4, -0.2) is 54.8 Å². The van der Waals surface area contributed by atoms with Crippen LogP contribution in [0, 0.1) is 0 Å². The molecule has 2 aliphatic rings. The van der Waals surface area contributed by atoms with Crippen molar-refractivity contribution >= 4 is 17.7 Å². The van der Waals surface area contributed by atoms with Crippen molar-refractivity contribution in [3.8, 4) is 0 Å². The van der Waals surface area contributed by atoms with Crippen LogP contribution in [0.25, 0.3) is 0 Å². The second kappa shape index (κ2) is 3.86. The summed E-state index contributed by atoms with van der Waals surface area (Å²) in [6.07, 6.45) is 0. The molecule has 0 aromatic carbocycles. The molecule has 0 radical (unpaired) electrons. The van der Waals surface area contributed by atoms with Gasteiger partial charge in [-0.15, -0.1) is 11.8 Å². The lowest BCUT2D eigenvalue weighted by molar-refractivity contribution is -0.144. The van der Waals surface area contributed by atoms with Crippen LogP contribution in [-0.2, 0) is 9.53 Å². The summed E-state index contributed by atoms with van der Waals surface area (Å²) >= 11 is 1.96. The average molecular weight is 202 g/mol. The lowest BCUT2D eigenvalue weighted by Crippen LogP contribution is -2.56. The van der Waals surface area contributed by atoms with Crippen LogP contribution in [0.4, 0.5) is 0 Å². The van der Waals surface area contributed by atoms with Crippen LogP contribution in [0.5, 0.6) is 0 Å². The maximum atomic E-state index is 11.2. The van der Waals surface area contributed by atoms with Crippen LogP contribution >= 0.6 is 11.8 Å². The third-order valence-electron chi connectivity index (χ3n) is 2.54. The number of thioether (sulfide) groups is 1. The number of rotatable bonds is 1. The number of fused-ring (bicyclic) bond motifs is 1. The Bertz CT molecular complexity index is 212. The second-order valence-corrected chi connectivity index (χ2v) is 4.59. The van der Waals surface area contributed by atoms with Crippen LogP contribution in [0.15, 0.2) is 0 Å². The predicted octanol–water partition coefficient (Wildman–Crippen LogP) is -0.494. The van der Waals surface area contributed by atoms with Gasteiger partial charge in [-0.25, -0.2) is 0 Å². The quantitative estimate of drug-likeness (QED) is 0.581. The molecule has 2 heterocycles. The topological polar surface area (TPSA) is 41.6 Å². The molecule has 1 N–H and O–H groups in total. The van der Waals surface area contributed by atoms with Crippen molar-refractivity contribution in [3.63, 3.8) is 0 Å². The minimum atomic E-state index is -0.143. The molecule has 0 aliphatic carbocycles. The van der Waals surface area contributed by atoms with E-state index in [1.54, 1.807) is 0 Å². The zero-order chi connectivity index (χ0) is 9.26. The number of esters is 1. The van der Waals surface area contributed by atoms with Gasteiger partial charge in [0.1, 0.15) is 6.04 Å². The van der Waals surface area contributed by atoms with Gasteiger partial charge in [-0.05, 0) is 0 Å². The van der Waals surface area contributed by atoms with Gasteiger partial charge < -0.3 is 10.1 Å². The van der Waals surface area contributed by atoms with Crippen molar-refractivity contribution in [2.45, 2.75) is 11.4 Å². The Labute approximate surface area is 82.0 Å². The first-order valence-electron chi connectivity index (χ1n) is 4.48. The summed E-state index contributed by atoms with van der Waals surface area (Å²) in [5.74, 6) is 1.04. The molecule has 5 heteroatoms. The maximum absolute atomic E-state index is 11.2. The Morgan fingerprint density at radius 1 is 1.69 bits per heavy atom. The molecule has 0 saturated carbocycles. The molecular formula is C8H14N2O2S. The van der Waals surface area contributed by atoms with Gasteiger partial charge in [0.15, 0.2) is 0 Å².